The van der Waals surface area contributed by atoms with Gasteiger partial charge in [-0.1, -0.05) is 25.7 Å². The lowest BCUT2D eigenvalue weighted by Crippen LogP contribution is -2.36. The summed E-state index contributed by atoms with van der Waals surface area (Å²) >= 11 is 0. The second-order valence-electron chi connectivity index (χ2n) is 4.96. The summed E-state index contributed by atoms with van der Waals surface area (Å²) in [5.41, 5.74) is 0. The molecule has 0 N–H and O–H groups in total. The van der Waals surface area contributed by atoms with Gasteiger partial charge in [-0.2, -0.15) is 0 Å². The quantitative estimate of drug-likeness (QED) is 0.525. The zero-order valence-corrected chi connectivity index (χ0v) is 9.91. The number of hydrogen-bond donors (Lipinski definition) is 0. The summed E-state index contributed by atoms with van der Waals surface area (Å²) in [6, 6.07) is 0. The molecule has 2 heteroatoms. The molecule has 0 spiro atoms. The molecular formula is C13H24O2. The van der Waals surface area contributed by atoms with Gasteiger partial charge in [-0.15, -0.1) is 0 Å². The Morgan fingerprint density at radius 1 is 1.00 bits per heavy atom. The number of fused-ring (bicyclic) bond motifs is 1. The highest BCUT2D eigenvalue weighted by molar-refractivity contribution is 4.85. The van der Waals surface area contributed by atoms with Crippen molar-refractivity contribution in [1.29, 1.82) is 0 Å². The van der Waals surface area contributed by atoms with E-state index < -0.39 is 0 Å². The molecule has 0 aliphatic heterocycles. The average molecular weight is 212 g/mol. The van der Waals surface area contributed by atoms with E-state index in [0.717, 1.165) is 18.4 Å². The SMILES string of the molecule is CCOCO[C@@H]1CCC[C@@H]2CCCC[C@H]21. The molecule has 0 aromatic carbocycles. The van der Waals surface area contributed by atoms with E-state index in [1.54, 1.807) is 0 Å². The van der Waals surface area contributed by atoms with Crippen LogP contribution in [0.25, 0.3) is 0 Å². The fourth-order valence-electron chi connectivity index (χ4n) is 3.31. The summed E-state index contributed by atoms with van der Waals surface area (Å²) in [6.45, 7) is 3.29. The van der Waals surface area contributed by atoms with Crippen molar-refractivity contribution in [3.8, 4) is 0 Å². The average Bonchev–Trinajstić information content (AvgIpc) is 2.30. The zero-order valence-electron chi connectivity index (χ0n) is 9.91. The van der Waals surface area contributed by atoms with Crippen LogP contribution in [0.2, 0.25) is 0 Å². The summed E-state index contributed by atoms with van der Waals surface area (Å²) in [7, 11) is 0. The highest BCUT2D eigenvalue weighted by Gasteiger charge is 2.35. The monoisotopic (exact) mass is 212 g/mol. The second-order valence-corrected chi connectivity index (χ2v) is 4.96. The highest BCUT2D eigenvalue weighted by atomic mass is 16.7. The Kier molecular flexibility index (Phi) is 4.45. The molecule has 3 atom stereocenters. The molecule has 15 heavy (non-hydrogen) atoms. The van der Waals surface area contributed by atoms with Crippen molar-refractivity contribution in [1.82, 2.24) is 0 Å². The maximum Gasteiger partial charge on any atom is 0.147 e. The van der Waals surface area contributed by atoms with E-state index in [0.29, 0.717) is 12.9 Å². The summed E-state index contributed by atoms with van der Waals surface area (Å²) in [5, 5.41) is 0. The Morgan fingerprint density at radius 3 is 2.67 bits per heavy atom. The number of hydrogen-bond acceptors (Lipinski definition) is 2. The molecule has 2 saturated carbocycles. The largest absolute Gasteiger partial charge is 0.356 e. The first-order chi connectivity index (χ1) is 7.42. The van der Waals surface area contributed by atoms with Crippen molar-refractivity contribution in [2.24, 2.45) is 11.8 Å². The molecule has 0 amide bonds. The minimum Gasteiger partial charge on any atom is -0.356 e. The first kappa shape index (κ1) is 11.4. The summed E-state index contributed by atoms with van der Waals surface area (Å²) < 4.78 is 11.2. The summed E-state index contributed by atoms with van der Waals surface area (Å²) in [5.74, 6) is 1.80. The van der Waals surface area contributed by atoms with Crippen LogP contribution in [-0.4, -0.2) is 19.5 Å². The molecule has 2 fully saturated rings. The second kappa shape index (κ2) is 5.86. The Balaban J connectivity index is 1.81. The van der Waals surface area contributed by atoms with E-state index in [1.165, 1.54) is 44.9 Å². The predicted molar refractivity (Wildman–Crippen MR) is 60.7 cm³/mol. The zero-order chi connectivity index (χ0) is 10.5. The molecule has 0 radical (unpaired) electrons. The van der Waals surface area contributed by atoms with Crippen LogP contribution in [0.4, 0.5) is 0 Å². The molecule has 0 saturated heterocycles. The Morgan fingerprint density at radius 2 is 1.80 bits per heavy atom. The van der Waals surface area contributed by atoms with Gasteiger partial charge < -0.3 is 9.47 Å². The van der Waals surface area contributed by atoms with E-state index in [1.807, 2.05) is 6.92 Å². The van der Waals surface area contributed by atoms with Gasteiger partial charge >= 0.3 is 0 Å². The summed E-state index contributed by atoms with van der Waals surface area (Å²) in [6.07, 6.45) is 10.2. The van der Waals surface area contributed by atoms with Crippen LogP contribution in [0.15, 0.2) is 0 Å². The highest BCUT2D eigenvalue weighted by Crippen LogP contribution is 2.41. The van der Waals surface area contributed by atoms with E-state index in [-0.39, 0.29) is 0 Å². The van der Waals surface area contributed by atoms with Gasteiger partial charge in [0, 0.05) is 6.61 Å². The van der Waals surface area contributed by atoms with Gasteiger partial charge in [0.15, 0.2) is 0 Å². The molecule has 2 rings (SSSR count). The fraction of sp³-hybridized carbons (Fsp3) is 1.00. The van der Waals surface area contributed by atoms with Crippen LogP contribution in [0.5, 0.6) is 0 Å². The predicted octanol–water partition coefficient (Wildman–Crippen LogP) is 3.36. The maximum absolute atomic E-state index is 5.87. The molecule has 2 aliphatic carbocycles. The molecule has 0 aromatic rings. The van der Waals surface area contributed by atoms with E-state index in [4.69, 9.17) is 9.47 Å². The fourth-order valence-corrected chi connectivity index (χ4v) is 3.31. The van der Waals surface area contributed by atoms with Crippen molar-refractivity contribution in [3.05, 3.63) is 0 Å². The van der Waals surface area contributed by atoms with Gasteiger partial charge in [-0.05, 0) is 38.0 Å². The van der Waals surface area contributed by atoms with E-state index in [2.05, 4.69) is 0 Å². The van der Waals surface area contributed by atoms with Crippen molar-refractivity contribution >= 4 is 0 Å². The molecule has 0 heterocycles. The summed E-state index contributed by atoms with van der Waals surface area (Å²) in [4.78, 5) is 0. The Hall–Kier alpha value is -0.0800. The van der Waals surface area contributed by atoms with Gasteiger partial charge in [0.25, 0.3) is 0 Å². The van der Waals surface area contributed by atoms with Gasteiger partial charge in [0.05, 0.1) is 6.10 Å². The first-order valence-electron chi connectivity index (χ1n) is 6.61. The van der Waals surface area contributed by atoms with Gasteiger partial charge in [-0.3, -0.25) is 0 Å². The Labute approximate surface area is 93.3 Å². The lowest BCUT2D eigenvalue weighted by Gasteiger charge is -2.41. The topological polar surface area (TPSA) is 18.5 Å². The Bertz CT molecular complexity index is 179. The van der Waals surface area contributed by atoms with Crippen molar-refractivity contribution in [2.45, 2.75) is 58.0 Å². The third-order valence-electron chi connectivity index (χ3n) is 4.08. The number of ether oxygens (including phenoxy) is 2. The third kappa shape index (κ3) is 2.94. The van der Waals surface area contributed by atoms with Gasteiger partial charge in [0.2, 0.25) is 0 Å². The molecule has 88 valence electrons. The maximum atomic E-state index is 5.87. The van der Waals surface area contributed by atoms with Gasteiger partial charge in [-0.25, -0.2) is 0 Å². The van der Waals surface area contributed by atoms with Crippen LogP contribution < -0.4 is 0 Å². The van der Waals surface area contributed by atoms with Crippen molar-refractivity contribution < 1.29 is 9.47 Å². The van der Waals surface area contributed by atoms with Crippen LogP contribution >= 0.6 is 0 Å². The van der Waals surface area contributed by atoms with E-state index >= 15 is 0 Å². The lowest BCUT2D eigenvalue weighted by molar-refractivity contribution is -0.128. The molecule has 0 unspecified atom stereocenters. The van der Waals surface area contributed by atoms with Crippen molar-refractivity contribution in [2.75, 3.05) is 13.4 Å². The van der Waals surface area contributed by atoms with Crippen LogP contribution in [0, 0.1) is 11.8 Å². The minimum atomic E-state index is 0.496. The molecule has 0 aromatic heterocycles. The van der Waals surface area contributed by atoms with Crippen LogP contribution in [0.3, 0.4) is 0 Å². The minimum absolute atomic E-state index is 0.496. The standard InChI is InChI=1S/C13H24O2/c1-2-14-10-15-13-9-5-7-11-6-3-4-8-12(11)13/h11-13H,2-10H2,1H3/t11-,12+,13+/m0/s1. The lowest BCUT2D eigenvalue weighted by atomic mass is 9.69. The normalized spacial score (nSPS) is 36.2. The van der Waals surface area contributed by atoms with Gasteiger partial charge in [0.1, 0.15) is 6.79 Å². The molecule has 0 bridgehead atoms. The number of rotatable bonds is 4. The molecular weight excluding hydrogens is 188 g/mol. The third-order valence-corrected chi connectivity index (χ3v) is 4.08. The first-order valence-corrected chi connectivity index (χ1v) is 6.61. The van der Waals surface area contributed by atoms with Crippen LogP contribution in [0.1, 0.15) is 51.9 Å². The molecule has 2 aliphatic rings. The smallest absolute Gasteiger partial charge is 0.147 e. The van der Waals surface area contributed by atoms with Crippen LogP contribution in [-0.2, 0) is 9.47 Å². The van der Waals surface area contributed by atoms with E-state index in [9.17, 15) is 0 Å². The molecule has 2 nitrogen and oxygen atoms in total. The van der Waals surface area contributed by atoms with Crippen molar-refractivity contribution in [3.63, 3.8) is 0 Å².